The van der Waals surface area contributed by atoms with E-state index >= 15 is 0 Å². The summed E-state index contributed by atoms with van der Waals surface area (Å²) in [4.78, 5) is 0. The highest BCUT2D eigenvalue weighted by atomic mass is 16.5. The highest BCUT2D eigenvalue weighted by Gasteiger charge is 2.12. The third-order valence-corrected chi connectivity index (χ3v) is 1.83. The van der Waals surface area contributed by atoms with E-state index in [0.29, 0.717) is 6.10 Å². The smallest absolute Gasteiger partial charge is 0.0754 e. The zero-order valence-electron chi connectivity index (χ0n) is 6.13. The summed E-state index contributed by atoms with van der Waals surface area (Å²) in [6, 6.07) is 0. The van der Waals surface area contributed by atoms with Gasteiger partial charge in [-0.3, -0.25) is 0 Å². The molecule has 1 unspecified atom stereocenters. The summed E-state index contributed by atoms with van der Waals surface area (Å²) < 4.78 is 5.17. The van der Waals surface area contributed by atoms with E-state index in [1.807, 2.05) is 0 Å². The van der Waals surface area contributed by atoms with Crippen molar-refractivity contribution in [2.24, 2.45) is 5.92 Å². The lowest BCUT2D eigenvalue weighted by atomic mass is 9.94. The molecule has 0 aromatic rings. The topological polar surface area (TPSA) is 9.23 Å². The maximum absolute atomic E-state index is 5.17. The molecule has 0 saturated carbocycles. The van der Waals surface area contributed by atoms with Crippen molar-refractivity contribution < 1.29 is 4.74 Å². The highest BCUT2D eigenvalue weighted by Crippen LogP contribution is 2.18. The minimum absolute atomic E-state index is 0.383. The SMILES string of the molecule is CO[C@H]1C=CCC(C)C1. The van der Waals surface area contributed by atoms with Gasteiger partial charge in [0, 0.05) is 7.11 Å². The van der Waals surface area contributed by atoms with Gasteiger partial charge in [0.1, 0.15) is 0 Å². The zero-order chi connectivity index (χ0) is 6.69. The van der Waals surface area contributed by atoms with Gasteiger partial charge in [0.2, 0.25) is 0 Å². The fourth-order valence-electron chi connectivity index (χ4n) is 1.21. The van der Waals surface area contributed by atoms with Crippen LogP contribution in [0.3, 0.4) is 0 Å². The Morgan fingerprint density at radius 2 is 2.33 bits per heavy atom. The molecule has 0 N–H and O–H groups in total. The largest absolute Gasteiger partial charge is 0.377 e. The first kappa shape index (κ1) is 6.81. The summed E-state index contributed by atoms with van der Waals surface area (Å²) in [6.07, 6.45) is 7.16. The summed E-state index contributed by atoms with van der Waals surface area (Å²) in [5.74, 6) is 0.806. The van der Waals surface area contributed by atoms with Crippen molar-refractivity contribution in [2.75, 3.05) is 7.11 Å². The van der Waals surface area contributed by atoms with Crippen LogP contribution < -0.4 is 0 Å². The molecule has 2 atom stereocenters. The summed E-state index contributed by atoms with van der Waals surface area (Å²) in [7, 11) is 1.77. The summed E-state index contributed by atoms with van der Waals surface area (Å²) in [5.41, 5.74) is 0. The van der Waals surface area contributed by atoms with Gasteiger partial charge in [0.05, 0.1) is 6.10 Å². The van der Waals surface area contributed by atoms with Crippen LogP contribution in [0, 0.1) is 5.92 Å². The van der Waals surface area contributed by atoms with E-state index in [-0.39, 0.29) is 0 Å². The second-order valence-electron chi connectivity index (χ2n) is 2.78. The first-order valence-corrected chi connectivity index (χ1v) is 3.52. The van der Waals surface area contributed by atoms with Crippen LogP contribution in [0.4, 0.5) is 0 Å². The minimum Gasteiger partial charge on any atom is -0.377 e. The van der Waals surface area contributed by atoms with Crippen LogP contribution >= 0.6 is 0 Å². The highest BCUT2D eigenvalue weighted by molar-refractivity contribution is 4.96. The third kappa shape index (κ3) is 1.83. The van der Waals surface area contributed by atoms with Crippen LogP contribution in [0.15, 0.2) is 12.2 Å². The van der Waals surface area contributed by atoms with Crippen LogP contribution in [-0.2, 0) is 4.74 Å². The molecule has 1 aliphatic rings. The van der Waals surface area contributed by atoms with Crippen molar-refractivity contribution in [2.45, 2.75) is 25.9 Å². The van der Waals surface area contributed by atoms with Gasteiger partial charge in [-0.1, -0.05) is 19.1 Å². The zero-order valence-corrected chi connectivity index (χ0v) is 6.13. The maximum atomic E-state index is 5.17. The molecule has 0 radical (unpaired) electrons. The van der Waals surface area contributed by atoms with E-state index in [9.17, 15) is 0 Å². The van der Waals surface area contributed by atoms with Crippen LogP contribution in [0.5, 0.6) is 0 Å². The van der Waals surface area contributed by atoms with Gasteiger partial charge in [-0.25, -0.2) is 0 Å². The van der Waals surface area contributed by atoms with Crippen LogP contribution in [0.1, 0.15) is 19.8 Å². The molecule has 0 aromatic carbocycles. The van der Waals surface area contributed by atoms with Gasteiger partial charge in [-0.05, 0) is 18.8 Å². The second-order valence-corrected chi connectivity index (χ2v) is 2.78. The molecule has 1 rings (SSSR count). The molecule has 0 fully saturated rings. The Balaban J connectivity index is 2.39. The molecule has 0 saturated heterocycles. The van der Waals surface area contributed by atoms with Crippen molar-refractivity contribution in [1.82, 2.24) is 0 Å². The Morgan fingerprint density at radius 1 is 1.56 bits per heavy atom. The summed E-state index contributed by atoms with van der Waals surface area (Å²) >= 11 is 0. The first-order chi connectivity index (χ1) is 4.33. The van der Waals surface area contributed by atoms with Gasteiger partial charge in [-0.2, -0.15) is 0 Å². The Kier molecular flexibility index (Phi) is 2.29. The lowest BCUT2D eigenvalue weighted by molar-refractivity contribution is 0.114. The molecular formula is C8H14O. The Bertz CT molecular complexity index is 107. The van der Waals surface area contributed by atoms with Crippen LogP contribution in [0.2, 0.25) is 0 Å². The Hall–Kier alpha value is -0.300. The standard InChI is InChI=1S/C8H14O/c1-7-4-3-5-8(6-7)9-2/h3,5,7-8H,4,6H2,1-2H3/t7?,8-/m0/s1. The van der Waals surface area contributed by atoms with E-state index in [1.54, 1.807) is 7.11 Å². The van der Waals surface area contributed by atoms with Gasteiger partial charge in [-0.15, -0.1) is 0 Å². The first-order valence-electron chi connectivity index (χ1n) is 3.52. The lowest BCUT2D eigenvalue weighted by Gasteiger charge is -2.19. The van der Waals surface area contributed by atoms with Crippen molar-refractivity contribution in [3.63, 3.8) is 0 Å². The van der Waals surface area contributed by atoms with E-state index < -0.39 is 0 Å². The second kappa shape index (κ2) is 3.02. The number of allylic oxidation sites excluding steroid dienone is 1. The van der Waals surface area contributed by atoms with Gasteiger partial charge < -0.3 is 4.74 Å². The molecule has 52 valence electrons. The Morgan fingerprint density at radius 3 is 2.78 bits per heavy atom. The molecule has 1 nitrogen and oxygen atoms in total. The summed E-state index contributed by atoms with van der Waals surface area (Å²) in [6.45, 7) is 2.26. The van der Waals surface area contributed by atoms with Crippen molar-refractivity contribution >= 4 is 0 Å². The molecule has 0 aliphatic heterocycles. The fraction of sp³-hybridized carbons (Fsp3) is 0.750. The number of hydrogen-bond donors (Lipinski definition) is 0. The van der Waals surface area contributed by atoms with Crippen LogP contribution in [0.25, 0.3) is 0 Å². The summed E-state index contributed by atoms with van der Waals surface area (Å²) in [5, 5.41) is 0. The average Bonchev–Trinajstić information content (AvgIpc) is 1.88. The molecule has 1 heteroatoms. The van der Waals surface area contributed by atoms with E-state index in [2.05, 4.69) is 19.1 Å². The van der Waals surface area contributed by atoms with Crippen molar-refractivity contribution in [3.05, 3.63) is 12.2 Å². The average molecular weight is 126 g/mol. The maximum Gasteiger partial charge on any atom is 0.0754 e. The number of hydrogen-bond acceptors (Lipinski definition) is 1. The number of ether oxygens (including phenoxy) is 1. The fourth-order valence-corrected chi connectivity index (χ4v) is 1.21. The molecule has 0 bridgehead atoms. The Labute approximate surface area is 56.7 Å². The number of methoxy groups -OCH3 is 1. The normalized spacial score (nSPS) is 34.9. The van der Waals surface area contributed by atoms with E-state index in [1.165, 1.54) is 12.8 Å². The molecule has 0 aromatic heterocycles. The molecule has 1 aliphatic carbocycles. The predicted octanol–water partition coefficient (Wildman–Crippen LogP) is 1.99. The van der Waals surface area contributed by atoms with Gasteiger partial charge in [0.25, 0.3) is 0 Å². The third-order valence-electron chi connectivity index (χ3n) is 1.83. The predicted molar refractivity (Wildman–Crippen MR) is 38.3 cm³/mol. The molecular weight excluding hydrogens is 112 g/mol. The minimum atomic E-state index is 0.383. The van der Waals surface area contributed by atoms with E-state index in [0.717, 1.165) is 5.92 Å². The molecule has 0 spiro atoms. The molecule has 0 heterocycles. The van der Waals surface area contributed by atoms with Gasteiger partial charge >= 0.3 is 0 Å². The van der Waals surface area contributed by atoms with Crippen molar-refractivity contribution in [3.8, 4) is 0 Å². The number of rotatable bonds is 1. The quantitative estimate of drug-likeness (QED) is 0.488. The van der Waals surface area contributed by atoms with Crippen LogP contribution in [-0.4, -0.2) is 13.2 Å². The monoisotopic (exact) mass is 126 g/mol. The van der Waals surface area contributed by atoms with Gasteiger partial charge in [0.15, 0.2) is 0 Å². The molecule has 9 heavy (non-hydrogen) atoms. The lowest BCUT2D eigenvalue weighted by Crippen LogP contribution is -2.14. The van der Waals surface area contributed by atoms with Crippen molar-refractivity contribution in [1.29, 1.82) is 0 Å². The molecule has 0 amide bonds. The van der Waals surface area contributed by atoms with E-state index in [4.69, 9.17) is 4.74 Å².